The number of aromatic nitrogens is 1. The van der Waals surface area contributed by atoms with Crippen molar-refractivity contribution in [3.05, 3.63) is 47.7 Å². The van der Waals surface area contributed by atoms with E-state index in [2.05, 4.69) is 10.2 Å². The van der Waals surface area contributed by atoms with Crippen LogP contribution in [0.25, 0.3) is 0 Å². The van der Waals surface area contributed by atoms with E-state index in [1.807, 2.05) is 35.9 Å². The van der Waals surface area contributed by atoms with Gasteiger partial charge in [-0.3, -0.25) is 14.5 Å². The summed E-state index contributed by atoms with van der Waals surface area (Å²) in [5, 5.41) is 2.93. The molecule has 182 valence electrons. The lowest BCUT2D eigenvalue weighted by Crippen LogP contribution is -2.38. The first-order valence-electron chi connectivity index (χ1n) is 11.7. The third kappa shape index (κ3) is 7.73. The zero-order valence-corrected chi connectivity index (χ0v) is 19.8. The number of nitrogens with zero attached hydrogens (tertiary/aromatic N) is 3. The quantitative estimate of drug-likeness (QED) is 0.460. The summed E-state index contributed by atoms with van der Waals surface area (Å²) >= 11 is 0. The Labute approximate surface area is 195 Å². The smallest absolute Gasteiger partial charge is 0.286 e. The average molecular weight is 461 g/mol. The zero-order chi connectivity index (χ0) is 23.5. The van der Waals surface area contributed by atoms with Gasteiger partial charge in [-0.15, -0.1) is 0 Å². The van der Waals surface area contributed by atoms with Crippen molar-refractivity contribution in [1.82, 2.24) is 19.7 Å². The molecule has 2 amide bonds. The Hall–Kier alpha value is -2.62. The summed E-state index contributed by atoms with van der Waals surface area (Å²) in [7, 11) is 1.53. The van der Waals surface area contributed by atoms with Gasteiger partial charge < -0.3 is 28.7 Å². The van der Waals surface area contributed by atoms with E-state index in [0.717, 1.165) is 51.4 Å². The number of hydrogen-bond acceptors (Lipinski definition) is 6. The maximum atomic E-state index is 12.4. The number of rotatable bonds is 13. The number of ether oxygens (including phenoxy) is 2. The van der Waals surface area contributed by atoms with Gasteiger partial charge in [0.25, 0.3) is 5.91 Å². The molecule has 0 spiro atoms. The van der Waals surface area contributed by atoms with E-state index in [0.29, 0.717) is 37.7 Å². The second kappa shape index (κ2) is 13.2. The standard InChI is InChI=1S/C24H36N4O5/c1-3-10-28(23(29)19-31-2)17-20-6-4-12-27(20)18-21-7-8-22(33-21)24(30)25-9-5-11-26-13-15-32-16-14-26/h4,6-8,12H,3,5,9-11,13-19H2,1-2H3,(H,25,30). The van der Waals surface area contributed by atoms with Crippen molar-refractivity contribution >= 4 is 11.8 Å². The molecule has 1 fully saturated rings. The number of methoxy groups -OCH3 is 1. The summed E-state index contributed by atoms with van der Waals surface area (Å²) in [6, 6.07) is 7.48. The number of morpholine rings is 1. The van der Waals surface area contributed by atoms with E-state index >= 15 is 0 Å². The van der Waals surface area contributed by atoms with Gasteiger partial charge in [0.05, 0.1) is 26.3 Å². The van der Waals surface area contributed by atoms with Gasteiger partial charge >= 0.3 is 0 Å². The minimum absolute atomic E-state index is 0.0299. The van der Waals surface area contributed by atoms with Gasteiger partial charge in [0, 0.05) is 45.2 Å². The summed E-state index contributed by atoms with van der Waals surface area (Å²) in [4.78, 5) is 28.9. The van der Waals surface area contributed by atoms with Crippen LogP contribution < -0.4 is 5.32 Å². The summed E-state index contributed by atoms with van der Waals surface area (Å²) in [5.41, 5.74) is 0.999. The second-order valence-corrected chi connectivity index (χ2v) is 8.21. The van der Waals surface area contributed by atoms with Gasteiger partial charge in [0.1, 0.15) is 12.4 Å². The van der Waals surface area contributed by atoms with Crippen molar-refractivity contribution in [3.8, 4) is 0 Å². The van der Waals surface area contributed by atoms with Crippen LogP contribution >= 0.6 is 0 Å². The van der Waals surface area contributed by atoms with Crippen molar-refractivity contribution in [1.29, 1.82) is 0 Å². The summed E-state index contributed by atoms with van der Waals surface area (Å²) in [6.45, 7) is 8.81. The predicted octanol–water partition coefficient (Wildman–Crippen LogP) is 1.97. The molecule has 0 atom stereocenters. The number of carbonyl (C=O) groups excluding carboxylic acids is 2. The molecular formula is C24H36N4O5. The lowest BCUT2D eigenvalue weighted by Gasteiger charge is -2.26. The minimum atomic E-state index is -0.199. The SMILES string of the molecule is CCCN(Cc1cccn1Cc1ccc(C(=O)NCCCN2CCOCC2)o1)C(=O)COC. The molecule has 0 aliphatic carbocycles. The highest BCUT2D eigenvalue weighted by Gasteiger charge is 2.16. The van der Waals surface area contributed by atoms with Crippen LogP contribution in [0, 0.1) is 0 Å². The van der Waals surface area contributed by atoms with Crippen LogP contribution in [-0.4, -0.2) is 85.8 Å². The van der Waals surface area contributed by atoms with E-state index in [1.165, 1.54) is 7.11 Å². The average Bonchev–Trinajstić information content (AvgIpc) is 3.47. The van der Waals surface area contributed by atoms with Gasteiger partial charge in [-0.2, -0.15) is 0 Å². The lowest BCUT2D eigenvalue weighted by atomic mass is 10.3. The second-order valence-electron chi connectivity index (χ2n) is 8.21. The summed E-state index contributed by atoms with van der Waals surface area (Å²) < 4.78 is 18.2. The van der Waals surface area contributed by atoms with E-state index in [4.69, 9.17) is 13.9 Å². The van der Waals surface area contributed by atoms with Crippen molar-refractivity contribution < 1.29 is 23.5 Å². The van der Waals surface area contributed by atoms with Crippen LogP contribution in [0.3, 0.4) is 0 Å². The third-order valence-corrected chi connectivity index (χ3v) is 5.64. The first-order chi connectivity index (χ1) is 16.1. The molecule has 1 saturated heterocycles. The third-order valence-electron chi connectivity index (χ3n) is 5.64. The molecule has 0 unspecified atom stereocenters. The van der Waals surface area contributed by atoms with Crippen LogP contribution in [0.4, 0.5) is 0 Å². The van der Waals surface area contributed by atoms with Gasteiger partial charge in [0.2, 0.25) is 5.91 Å². The molecule has 9 nitrogen and oxygen atoms in total. The van der Waals surface area contributed by atoms with Crippen LogP contribution in [0.2, 0.25) is 0 Å². The Balaban J connectivity index is 1.49. The molecule has 1 aliphatic rings. The molecule has 9 heteroatoms. The van der Waals surface area contributed by atoms with Crippen LogP contribution in [0.1, 0.15) is 41.8 Å². The Morgan fingerprint density at radius 3 is 2.79 bits per heavy atom. The van der Waals surface area contributed by atoms with Crippen LogP contribution in [0.5, 0.6) is 0 Å². The number of carbonyl (C=O) groups is 2. The van der Waals surface area contributed by atoms with E-state index in [1.54, 1.807) is 11.0 Å². The fraction of sp³-hybridized carbons (Fsp3) is 0.583. The Morgan fingerprint density at radius 2 is 2.03 bits per heavy atom. The zero-order valence-electron chi connectivity index (χ0n) is 19.8. The molecule has 33 heavy (non-hydrogen) atoms. The molecule has 1 N–H and O–H groups in total. The molecular weight excluding hydrogens is 424 g/mol. The van der Waals surface area contributed by atoms with Gasteiger partial charge in [0.15, 0.2) is 5.76 Å². The Morgan fingerprint density at radius 1 is 1.21 bits per heavy atom. The highest BCUT2D eigenvalue weighted by Crippen LogP contribution is 2.14. The first-order valence-corrected chi connectivity index (χ1v) is 11.7. The first kappa shape index (κ1) is 25.0. The monoisotopic (exact) mass is 460 g/mol. The fourth-order valence-corrected chi connectivity index (χ4v) is 3.89. The number of nitrogens with one attached hydrogen (secondary N) is 1. The van der Waals surface area contributed by atoms with Gasteiger partial charge in [-0.25, -0.2) is 0 Å². The molecule has 3 heterocycles. The maximum Gasteiger partial charge on any atom is 0.286 e. The van der Waals surface area contributed by atoms with Crippen molar-refractivity contribution in [3.63, 3.8) is 0 Å². The summed E-state index contributed by atoms with van der Waals surface area (Å²) in [6.07, 6.45) is 3.72. The molecule has 2 aromatic heterocycles. The number of amides is 2. The molecule has 0 aromatic carbocycles. The van der Waals surface area contributed by atoms with E-state index in [9.17, 15) is 9.59 Å². The molecule has 3 rings (SSSR count). The van der Waals surface area contributed by atoms with Crippen LogP contribution in [0.15, 0.2) is 34.9 Å². The molecule has 0 radical (unpaired) electrons. The van der Waals surface area contributed by atoms with E-state index < -0.39 is 0 Å². The topological polar surface area (TPSA) is 89.2 Å². The molecule has 0 saturated carbocycles. The molecule has 1 aliphatic heterocycles. The van der Waals surface area contributed by atoms with E-state index in [-0.39, 0.29) is 18.4 Å². The fourth-order valence-electron chi connectivity index (χ4n) is 3.89. The normalized spacial score (nSPS) is 14.4. The largest absolute Gasteiger partial charge is 0.454 e. The van der Waals surface area contributed by atoms with Crippen molar-refractivity contribution in [2.75, 3.05) is 59.7 Å². The Bertz CT molecular complexity index is 872. The van der Waals surface area contributed by atoms with Crippen molar-refractivity contribution in [2.45, 2.75) is 32.9 Å². The number of furan rings is 1. The van der Waals surface area contributed by atoms with Crippen molar-refractivity contribution in [2.24, 2.45) is 0 Å². The molecule has 0 bridgehead atoms. The van der Waals surface area contributed by atoms with Gasteiger partial charge in [-0.1, -0.05) is 6.92 Å². The lowest BCUT2D eigenvalue weighted by molar-refractivity contribution is -0.135. The highest BCUT2D eigenvalue weighted by molar-refractivity contribution is 5.91. The molecule has 2 aromatic rings. The number of hydrogen-bond donors (Lipinski definition) is 1. The predicted molar refractivity (Wildman–Crippen MR) is 124 cm³/mol. The highest BCUT2D eigenvalue weighted by atomic mass is 16.5. The maximum absolute atomic E-state index is 12.4. The van der Waals surface area contributed by atoms with Crippen LogP contribution in [-0.2, 0) is 27.4 Å². The minimum Gasteiger partial charge on any atom is -0.454 e. The Kier molecular flexibility index (Phi) is 9.99. The summed E-state index contributed by atoms with van der Waals surface area (Å²) in [5.74, 6) is 0.775. The van der Waals surface area contributed by atoms with Gasteiger partial charge in [-0.05, 0) is 43.7 Å².